The summed E-state index contributed by atoms with van der Waals surface area (Å²) in [5, 5.41) is 0. The third-order valence-corrected chi connectivity index (χ3v) is 2.99. The van der Waals surface area contributed by atoms with Gasteiger partial charge in [0, 0.05) is 31.3 Å². The van der Waals surface area contributed by atoms with Crippen LogP contribution in [0.4, 0.5) is 10.1 Å². The van der Waals surface area contributed by atoms with E-state index in [1.807, 2.05) is 6.07 Å². The molecule has 1 heterocycles. The molecule has 1 aliphatic heterocycles. The molecule has 2 rings (SSSR count). The van der Waals surface area contributed by atoms with Crippen LogP contribution in [0.1, 0.15) is 12.0 Å². The third kappa shape index (κ3) is 2.86. The monoisotopic (exact) mass is 243 g/mol. The molecule has 16 heavy (non-hydrogen) atoms. The largest absolute Gasteiger partial charge is 0.380 e. The molecule has 1 fully saturated rings. The van der Waals surface area contributed by atoms with Crippen LogP contribution in [0.25, 0.3) is 0 Å². The number of nitrogens with zero attached hydrogens (tertiary/aromatic N) is 1. The second-order valence-corrected chi connectivity index (χ2v) is 4.17. The van der Waals surface area contributed by atoms with Crippen molar-refractivity contribution in [1.29, 1.82) is 0 Å². The van der Waals surface area contributed by atoms with Crippen molar-refractivity contribution >= 4 is 17.3 Å². The van der Waals surface area contributed by atoms with Crippen molar-refractivity contribution in [2.24, 2.45) is 0 Å². The van der Waals surface area contributed by atoms with Gasteiger partial charge in [0.1, 0.15) is 5.82 Å². The number of anilines is 1. The molecule has 4 heteroatoms. The van der Waals surface area contributed by atoms with E-state index in [1.54, 1.807) is 6.07 Å². The summed E-state index contributed by atoms with van der Waals surface area (Å²) in [6.45, 7) is 3.21. The molecular formula is C12H15ClFNO. The summed E-state index contributed by atoms with van der Waals surface area (Å²) < 4.78 is 18.7. The fourth-order valence-corrected chi connectivity index (χ4v) is 2.05. The molecule has 0 spiro atoms. The summed E-state index contributed by atoms with van der Waals surface area (Å²) >= 11 is 5.73. The molecule has 1 aliphatic rings. The number of benzene rings is 1. The minimum Gasteiger partial charge on any atom is -0.380 e. The van der Waals surface area contributed by atoms with E-state index in [-0.39, 0.29) is 5.82 Å². The highest BCUT2D eigenvalue weighted by atomic mass is 35.5. The summed E-state index contributed by atoms with van der Waals surface area (Å²) in [5.41, 5.74) is 1.72. The van der Waals surface area contributed by atoms with Gasteiger partial charge in [0.05, 0.1) is 6.61 Å². The molecule has 1 aromatic rings. The first-order chi connectivity index (χ1) is 7.79. The third-order valence-electron chi connectivity index (χ3n) is 2.68. The van der Waals surface area contributed by atoms with E-state index in [0.717, 1.165) is 37.4 Å². The Hall–Kier alpha value is -0.800. The molecule has 0 amide bonds. The van der Waals surface area contributed by atoms with E-state index in [4.69, 9.17) is 16.3 Å². The first-order valence-electron chi connectivity index (χ1n) is 5.48. The molecule has 88 valence electrons. The van der Waals surface area contributed by atoms with Crippen LogP contribution in [0.3, 0.4) is 0 Å². The standard InChI is InChI=1S/C12H15ClFNO/c13-9-10-6-11(14)8-12(7-10)15-2-1-4-16-5-3-15/h6-8H,1-5,9H2. The normalized spacial score (nSPS) is 17.2. The second kappa shape index (κ2) is 5.51. The second-order valence-electron chi connectivity index (χ2n) is 3.90. The average Bonchev–Trinajstić information content (AvgIpc) is 2.56. The Morgan fingerprint density at radius 1 is 1.25 bits per heavy atom. The zero-order valence-electron chi connectivity index (χ0n) is 9.09. The molecule has 1 saturated heterocycles. The highest BCUT2D eigenvalue weighted by molar-refractivity contribution is 6.17. The van der Waals surface area contributed by atoms with Gasteiger partial charge in [-0.1, -0.05) is 0 Å². The SMILES string of the molecule is Fc1cc(CCl)cc(N2CCCOCC2)c1. The number of ether oxygens (including phenoxy) is 1. The van der Waals surface area contributed by atoms with Crippen molar-refractivity contribution in [2.75, 3.05) is 31.2 Å². The van der Waals surface area contributed by atoms with Crippen molar-refractivity contribution in [3.63, 3.8) is 0 Å². The lowest BCUT2D eigenvalue weighted by Gasteiger charge is -2.22. The number of hydrogen-bond acceptors (Lipinski definition) is 2. The van der Waals surface area contributed by atoms with Gasteiger partial charge in [0.2, 0.25) is 0 Å². The Kier molecular flexibility index (Phi) is 4.02. The maximum absolute atomic E-state index is 13.4. The maximum Gasteiger partial charge on any atom is 0.125 e. The van der Waals surface area contributed by atoms with E-state index >= 15 is 0 Å². The van der Waals surface area contributed by atoms with E-state index < -0.39 is 0 Å². The first kappa shape index (κ1) is 11.7. The van der Waals surface area contributed by atoms with Crippen LogP contribution in [0.2, 0.25) is 0 Å². The van der Waals surface area contributed by atoms with Gasteiger partial charge >= 0.3 is 0 Å². The van der Waals surface area contributed by atoms with E-state index in [9.17, 15) is 4.39 Å². The lowest BCUT2D eigenvalue weighted by molar-refractivity contribution is 0.152. The highest BCUT2D eigenvalue weighted by Crippen LogP contribution is 2.20. The molecule has 1 aromatic carbocycles. The van der Waals surface area contributed by atoms with Crippen molar-refractivity contribution in [3.05, 3.63) is 29.6 Å². The Bertz CT molecular complexity index is 351. The number of rotatable bonds is 2. The molecule has 0 saturated carbocycles. The lowest BCUT2D eigenvalue weighted by atomic mass is 10.2. The van der Waals surface area contributed by atoms with Crippen LogP contribution in [0.5, 0.6) is 0 Å². The minimum absolute atomic E-state index is 0.224. The smallest absolute Gasteiger partial charge is 0.125 e. The van der Waals surface area contributed by atoms with Gasteiger partial charge in [-0.25, -0.2) is 4.39 Å². The Morgan fingerprint density at radius 2 is 2.12 bits per heavy atom. The van der Waals surface area contributed by atoms with Crippen molar-refractivity contribution in [1.82, 2.24) is 0 Å². The molecule has 0 unspecified atom stereocenters. The molecule has 0 aliphatic carbocycles. The molecule has 0 aromatic heterocycles. The summed E-state index contributed by atoms with van der Waals surface area (Å²) in [5.74, 6) is 0.119. The van der Waals surface area contributed by atoms with Crippen LogP contribution in [0.15, 0.2) is 18.2 Å². The summed E-state index contributed by atoms with van der Waals surface area (Å²) in [7, 11) is 0. The molecule has 0 bridgehead atoms. The van der Waals surface area contributed by atoms with Crippen molar-refractivity contribution < 1.29 is 9.13 Å². The Balaban J connectivity index is 2.20. The van der Waals surface area contributed by atoms with Crippen LogP contribution in [-0.4, -0.2) is 26.3 Å². The summed E-state index contributed by atoms with van der Waals surface area (Å²) in [6, 6.07) is 4.98. The topological polar surface area (TPSA) is 12.5 Å². The van der Waals surface area contributed by atoms with Gasteiger partial charge in [-0.05, 0) is 30.2 Å². The predicted molar refractivity (Wildman–Crippen MR) is 63.6 cm³/mol. The van der Waals surface area contributed by atoms with Gasteiger partial charge in [0.25, 0.3) is 0 Å². The predicted octanol–water partition coefficient (Wildman–Crippen LogP) is 2.79. The minimum atomic E-state index is -0.224. The average molecular weight is 244 g/mol. The Labute approximate surface area is 100.0 Å². The van der Waals surface area contributed by atoms with Gasteiger partial charge < -0.3 is 9.64 Å². The van der Waals surface area contributed by atoms with E-state index in [2.05, 4.69) is 4.90 Å². The molecule has 0 atom stereocenters. The lowest BCUT2D eigenvalue weighted by Crippen LogP contribution is -2.26. The fourth-order valence-electron chi connectivity index (χ4n) is 1.90. The quantitative estimate of drug-likeness (QED) is 0.741. The van der Waals surface area contributed by atoms with Crippen molar-refractivity contribution in [3.8, 4) is 0 Å². The zero-order chi connectivity index (χ0) is 11.4. The maximum atomic E-state index is 13.4. The summed E-state index contributed by atoms with van der Waals surface area (Å²) in [6.07, 6.45) is 0.979. The van der Waals surface area contributed by atoms with Gasteiger partial charge in [0.15, 0.2) is 0 Å². The number of halogens is 2. The van der Waals surface area contributed by atoms with Gasteiger partial charge in [-0.3, -0.25) is 0 Å². The van der Waals surface area contributed by atoms with Crippen LogP contribution < -0.4 is 4.90 Å². The van der Waals surface area contributed by atoms with Gasteiger partial charge in [-0.15, -0.1) is 11.6 Å². The van der Waals surface area contributed by atoms with Gasteiger partial charge in [-0.2, -0.15) is 0 Å². The fraction of sp³-hybridized carbons (Fsp3) is 0.500. The van der Waals surface area contributed by atoms with Crippen LogP contribution >= 0.6 is 11.6 Å². The highest BCUT2D eigenvalue weighted by Gasteiger charge is 2.11. The Morgan fingerprint density at radius 3 is 2.94 bits per heavy atom. The molecule has 0 radical (unpaired) electrons. The number of hydrogen-bond donors (Lipinski definition) is 0. The first-order valence-corrected chi connectivity index (χ1v) is 6.01. The van der Waals surface area contributed by atoms with E-state index in [1.165, 1.54) is 6.07 Å². The summed E-state index contributed by atoms with van der Waals surface area (Å²) in [4.78, 5) is 2.14. The van der Waals surface area contributed by atoms with Crippen LogP contribution in [-0.2, 0) is 10.6 Å². The number of alkyl halides is 1. The van der Waals surface area contributed by atoms with Crippen LogP contribution in [0, 0.1) is 5.82 Å². The van der Waals surface area contributed by atoms with Crippen molar-refractivity contribution in [2.45, 2.75) is 12.3 Å². The molecule has 2 nitrogen and oxygen atoms in total. The molecule has 0 N–H and O–H groups in total. The van der Waals surface area contributed by atoms with E-state index in [0.29, 0.717) is 12.5 Å². The molecular weight excluding hydrogens is 229 g/mol. The zero-order valence-corrected chi connectivity index (χ0v) is 9.84.